The van der Waals surface area contributed by atoms with Crippen molar-refractivity contribution in [3.05, 3.63) is 22.2 Å². The van der Waals surface area contributed by atoms with Gasteiger partial charge in [-0.15, -0.1) is 0 Å². The maximum Gasteiger partial charge on any atom is 0.170 e. The minimum Gasteiger partial charge on any atom is -0.294 e. The zero-order chi connectivity index (χ0) is 10.9. The highest BCUT2D eigenvalue weighted by Crippen LogP contribution is 2.35. The van der Waals surface area contributed by atoms with Crippen molar-refractivity contribution in [1.29, 1.82) is 0 Å². The zero-order valence-corrected chi connectivity index (χ0v) is 11.7. The van der Waals surface area contributed by atoms with Gasteiger partial charge in [0.25, 0.3) is 0 Å². The van der Waals surface area contributed by atoms with E-state index in [2.05, 4.69) is 42.1 Å². The lowest BCUT2D eigenvalue weighted by molar-refractivity contribution is -0.114. The van der Waals surface area contributed by atoms with Crippen molar-refractivity contribution < 1.29 is 4.79 Å². The number of carbonyl (C=O) groups is 1. The van der Waals surface area contributed by atoms with Crippen molar-refractivity contribution >= 4 is 29.8 Å². The molecule has 0 amide bonds. The van der Waals surface area contributed by atoms with Crippen LogP contribution in [0, 0.1) is 0 Å². The molecule has 14 heavy (non-hydrogen) atoms. The predicted molar refractivity (Wildman–Crippen MR) is 67.5 cm³/mol. The summed E-state index contributed by atoms with van der Waals surface area (Å²) in [7, 11) is -1.11. The average Bonchev–Trinajstić information content (AvgIpc) is 2.29. The molecule has 0 unspecified atom stereocenters. The van der Waals surface area contributed by atoms with Crippen LogP contribution in [0.3, 0.4) is 0 Å². The van der Waals surface area contributed by atoms with E-state index in [1.165, 1.54) is 5.57 Å². The molecule has 0 radical (unpaired) electrons. The Kier molecular flexibility index (Phi) is 3.53. The van der Waals surface area contributed by atoms with Crippen LogP contribution in [0.4, 0.5) is 0 Å². The van der Waals surface area contributed by atoms with E-state index < -0.39 is 8.07 Å². The molecule has 0 aromatic carbocycles. The van der Waals surface area contributed by atoms with Gasteiger partial charge in [0.05, 0.1) is 4.48 Å². The molecule has 0 aliphatic heterocycles. The number of hydrogen-bond acceptors (Lipinski definition) is 1. The first-order valence-electron chi connectivity index (χ1n) is 4.91. The van der Waals surface area contributed by atoms with Gasteiger partial charge in [-0.2, -0.15) is 0 Å². The molecule has 3 heteroatoms. The molecule has 0 aromatic rings. The van der Waals surface area contributed by atoms with E-state index in [1.54, 1.807) is 0 Å². The van der Waals surface area contributed by atoms with E-state index in [-0.39, 0.29) is 5.78 Å². The summed E-state index contributed by atoms with van der Waals surface area (Å²) >= 11 is 3.36. The van der Waals surface area contributed by atoms with Crippen LogP contribution in [0.5, 0.6) is 0 Å². The fourth-order valence-electron chi connectivity index (χ4n) is 1.71. The third kappa shape index (κ3) is 2.92. The van der Waals surface area contributed by atoms with E-state index in [1.807, 2.05) is 0 Å². The van der Waals surface area contributed by atoms with Gasteiger partial charge in [0.1, 0.15) is 0 Å². The Balaban J connectivity index is 2.77. The summed E-state index contributed by atoms with van der Waals surface area (Å²) in [4.78, 5) is 11.3. The lowest BCUT2D eigenvalue weighted by Gasteiger charge is -2.18. The Morgan fingerprint density at radius 3 is 2.36 bits per heavy atom. The van der Waals surface area contributed by atoms with Crippen LogP contribution in [-0.4, -0.2) is 13.9 Å². The minimum atomic E-state index is -1.11. The van der Waals surface area contributed by atoms with Crippen molar-refractivity contribution in [3.63, 3.8) is 0 Å². The summed E-state index contributed by atoms with van der Waals surface area (Å²) in [5.74, 6) is 0.233. The maximum atomic E-state index is 11.3. The molecule has 0 aromatic heterocycles. The molecule has 0 fully saturated rings. The van der Waals surface area contributed by atoms with Gasteiger partial charge in [-0.3, -0.25) is 4.79 Å². The van der Waals surface area contributed by atoms with E-state index >= 15 is 0 Å². The first kappa shape index (κ1) is 11.9. The largest absolute Gasteiger partial charge is 0.294 e. The van der Waals surface area contributed by atoms with Gasteiger partial charge in [0.2, 0.25) is 0 Å². The topological polar surface area (TPSA) is 17.1 Å². The van der Waals surface area contributed by atoms with Crippen molar-refractivity contribution in [3.8, 4) is 0 Å². The summed E-state index contributed by atoms with van der Waals surface area (Å²) in [5.41, 5.74) is 2.33. The molecule has 0 saturated carbocycles. The quantitative estimate of drug-likeness (QED) is 0.713. The summed E-state index contributed by atoms with van der Waals surface area (Å²) in [6.45, 7) is 11.1. The Hall–Kier alpha value is -0.153. The number of Topliss-reactive ketones (excluding diaryl/α,β-unsaturated/α-hetero) is 1. The van der Waals surface area contributed by atoms with Gasteiger partial charge in [-0.1, -0.05) is 31.8 Å². The van der Waals surface area contributed by atoms with Gasteiger partial charge in [0.15, 0.2) is 5.78 Å². The Morgan fingerprint density at radius 2 is 2.00 bits per heavy atom. The van der Waals surface area contributed by atoms with Crippen LogP contribution < -0.4 is 0 Å². The summed E-state index contributed by atoms with van der Waals surface area (Å²) in [5, 5.41) is 0. The first-order chi connectivity index (χ1) is 6.31. The van der Waals surface area contributed by atoms with Crippen molar-refractivity contribution in [1.82, 2.24) is 0 Å². The highest BCUT2D eigenvalue weighted by atomic mass is 79.9. The van der Waals surface area contributed by atoms with Gasteiger partial charge in [0, 0.05) is 14.5 Å². The standard InChI is InChI=1S/C11H17BrOSi/c1-8(7-14(2,3)4)9-5-6-10(13)11(9)12/h1,5-7H2,2-4H3. The molecule has 0 N–H and O–H groups in total. The van der Waals surface area contributed by atoms with Crippen molar-refractivity contribution in [2.24, 2.45) is 0 Å². The van der Waals surface area contributed by atoms with E-state index in [4.69, 9.17) is 0 Å². The highest BCUT2D eigenvalue weighted by Gasteiger charge is 2.25. The molecular formula is C11H17BrOSi. The lowest BCUT2D eigenvalue weighted by atomic mass is 10.1. The van der Waals surface area contributed by atoms with Crippen LogP contribution in [0.2, 0.25) is 25.7 Å². The molecule has 1 nitrogen and oxygen atoms in total. The normalized spacial score (nSPS) is 17.9. The van der Waals surface area contributed by atoms with Gasteiger partial charge >= 0.3 is 0 Å². The lowest BCUT2D eigenvalue weighted by Crippen LogP contribution is -2.20. The van der Waals surface area contributed by atoms with Crippen LogP contribution >= 0.6 is 15.9 Å². The van der Waals surface area contributed by atoms with Crippen LogP contribution in [0.15, 0.2) is 22.2 Å². The summed E-state index contributed by atoms with van der Waals surface area (Å²) in [6, 6.07) is 1.09. The van der Waals surface area contributed by atoms with Crippen LogP contribution in [-0.2, 0) is 4.79 Å². The maximum absolute atomic E-state index is 11.3. The number of ketones is 1. The molecule has 1 aliphatic carbocycles. The number of allylic oxidation sites excluding steroid dienone is 3. The minimum absolute atomic E-state index is 0.233. The van der Waals surface area contributed by atoms with Gasteiger partial charge in [-0.05, 0) is 34.0 Å². The summed E-state index contributed by atoms with van der Waals surface area (Å²) < 4.78 is 0.778. The summed E-state index contributed by atoms with van der Waals surface area (Å²) in [6.07, 6.45) is 1.53. The number of hydrogen-bond donors (Lipinski definition) is 0. The van der Waals surface area contributed by atoms with E-state index in [9.17, 15) is 4.79 Å². The Bertz CT molecular complexity index is 310. The second-order valence-electron chi connectivity index (χ2n) is 5.06. The second kappa shape index (κ2) is 4.15. The fourth-order valence-corrected chi connectivity index (χ4v) is 3.88. The smallest absolute Gasteiger partial charge is 0.170 e. The molecule has 0 bridgehead atoms. The van der Waals surface area contributed by atoms with Gasteiger partial charge in [-0.25, -0.2) is 0 Å². The first-order valence-corrected chi connectivity index (χ1v) is 9.41. The zero-order valence-electron chi connectivity index (χ0n) is 9.11. The van der Waals surface area contributed by atoms with Crippen molar-refractivity contribution in [2.75, 3.05) is 0 Å². The van der Waals surface area contributed by atoms with E-state index in [0.29, 0.717) is 6.42 Å². The SMILES string of the molecule is C=C(C[Si](C)(C)C)C1=C(Br)C(=O)CC1. The second-order valence-corrected chi connectivity index (χ2v) is 11.3. The molecule has 0 heterocycles. The Labute approximate surface area is 95.4 Å². The highest BCUT2D eigenvalue weighted by molar-refractivity contribution is 9.12. The monoisotopic (exact) mass is 272 g/mol. The molecule has 0 spiro atoms. The molecule has 0 atom stereocenters. The number of halogens is 1. The average molecular weight is 273 g/mol. The third-order valence-electron chi connectivity index (χ3n) is 2.28. The van der Waals surface area contributed by atoms with Crippen molar-refractivity contribution in [2.45, 2.75) is 38.5 Å². The molecule has 78 valence electrons. The van der Waals surface area contributed by atoms with Crippen LogP contribution in [0.1, 0.15) is 12.8 Å². The predicted octanol–water partition coefficient (Wildman–Crippen LogP) is 3.89. The molecule has 1 aliphatic rings. The van der Waals surface area contributed by atoms with Crippen LogP contribution in [0.25, 0.3) is 0 Å². The number of carbonyl (C=O) groups excluding carboxylic acids is 1. The van der Waals surface area contributed by atoms with E-state index in [0.717, 1.165) is 22.5 Å². The molecular weight excluding hydrogens is 256 g/mol. The molecule has 0 saturated heterocycles. The Morgan fingerprint density at radius 1 is 1.43 bits per heavy atom. The number of rotatable bonds is 3. The third-order valence-corrected chi connectivity index (χ3v) is 4.69. The van der Waals surface area contributed by atoms with Gasteiger partial charge < -0.3 is 0 Å². The fraction of sp³-hybridized carbons (Fsp3) is 0.545. The molecule has 1 rings (SSSR count).